The number of phenolic OH excluding ortho intramolecular Hbond substituents is 1. The SMILES string of the molecule is Oc1ccc(-n2c(-c3cccs3)n[nH]c2=S)cc1. The number of H-pyrrole nitrogens is 1. The van der Waals surface area contributed by atoms with Gasteiger partial charge in [-0.05, 0) is 47.9 Å². The summed E-state index contributed by atoms with van der Waals surface area (Å²) in [6, 6.07) is 10.8. The molecule has 0 unspecified atom stereocenters. The van der Waals surface area contributed by atoms with Gasteiger partial charge in [-0.2, -0.15) is 5.10 Å². The third-order valence-corrected chi connectivity index (χ3v) is 3.66. The molecular formula is C12H9N3OS2. The van der Waals surface area contributed by atoms with Gasteiger partial charge in [0.25, 0.3) is 0 Å². The zero-order valence-electron chi connectivity index (χ0n) is 9.20. The topological polar surface area (TPSA) is 53.8 Å². The maximum atomic E-state index is 9.32. The Morgan fingerprint density at radius 3 is 2.67 bits per heavy atom. The van der Waals surface area contributed by atoms with E-state index in [9.17, 15) is 5.11 Å². The Balaban J connectivity index is 2.20. The number of hydrogen-bond donors (Lipinski definition) is 2. The largest absolute Gasteiger partial charge is 0.508 e. The third kappa shape index (κ3) is 1.85. The van der Waals surface area contributed by atoms with E-state index in [4.69, 9.17) is 12.2 Å². The van der Waals surface area contributed by atoms with Gasteiger partial charge >= 0.3 is 0 Å². The molecule has 0 amide bonds. The summed E-state index contributed by atoms with van der Waals surface area (Å²) < 4.78 is 2.38. The number of aromatic nitrogens is 3. The lowest BCUT2D eigenvalue weighted by molar-refractivity contribution is 0.475. The lowest BCUT2D eigenvalue weighted by Gasteiger charge is -2.05. The van der Waals surface area contributed by atoms with Crippen LogP contribution < -0.4 is 0 Å². The molecule has 3 rings (SSSR count). The molecule has 0 saturated heterocycles. The van der Waals surface area contributed by atoms with Gasteiger partial charge in [-0.25, -0.2) is 0 Å². The van der Waals surface area contributed by atoms with Crippen LogP contribution in [0.25, 0.3) is 16.4 Å². The normalized spacial score (nSPS) is 10.7. The molecule has 0 aliphatic heterocycles. The molecule has 2 heterocycles. The van der Waals surface area contributed by atoms with Crippen molar-refractivity contribution in [3.63, 3.8) is 0 Å². The third-order valence-electron chi connectivity index (χ3n) is 2.52. The Hall–Kier alpha value is -1.92. The van der Waals surface area contributed by atoms with E-state index in [0.29, 0.717) is 4.77 Å². The van der Waals surface area contributed by atoms with Crippen molar-refractivity contribution in [3.8, 4) is 22.1 Å². The van der Waals surface area contributed by atoms with Crippen LogP contribution in [0.4, 0.5) is 0 Å². The molecule has 1 aromatic carbocycles. The van der Waals surface area contributed by atoms with Gasteiger partial charge in [0.2, 0.25) is 0 Å². The Bertz CT molecular complexity index is 711. The highest BCUT2D eigenvalue weighted by Crippen LogP contribution is 2.26. The lowest BCUT2D eigenvalue weighted by atomic mass is 10.3. The standard InChI is InChI=1S/C12H9N3OS2/c16-9-5-3-8(4-6-9)15-11(13-14-12(15)17)10-2-1-7-18-10/h1-7,16H,(H,14,17). The molecule has 0 bridgehead atoms. The summed E-state index contributed by atoms with van der Waals surface area (Å²) in [6.45, 7) is 0. The van der Waals surface area contributed by atoms with Crippen LogP contribution in [-0.2, 0) is 0 Å². The van der Waals surface area contributed by atoms with E-state index in [-0.39, 0.29) is 5.75 Å². The van der Waals surface area contributed by atoms with Crippen LogP contribution in [0.5, 0.6) is 5.75 Å². The number of thiophene rings is 1. The van der Waals surface area contributed by atoms with Crippen LogP contribution in [0.15, 0.2) is 41.8 Å². The van der Waals surface area contributed by atoms with E-state index in [2.05, 4.69) is 10.2 Å². The number of aromatic hydroxyl groups is 1. The van der Waals surface area contributed by atoms with Crippen LogP contribution in [0.2, 0.25) is 0 Å². The molecule has 0 fully saturated rings. The highest BCUT2D eigenvalue weighted by Gasteiger charge is 2.11. The Morgan fingerprint density at radius 2 is 2.00 bits per heavy atom. The van der Waals surface area contributed by atoms with E-state index in [1.165, 1.54) is 0 Å². The predicted molar refractivity (Wildman–Crippen MR) is 73.7 cm³/mol. The van der Waals surface area contributed by atoms with Gasteiger partial charge in [-0.15, -0.1) is 11.3 Å². The average Bonchev–Trinajstić information content (AvgIpc) is 2.99. The monoisotopic (exact) mass is 275 g/mol. The highest BCUT2D eigenvalue weighted by molar-refractivity contribution is 7.71. The maximum absolute atomic E-state index is 9.32. The van der Waals surface area contributed by atoms with Crippen LogP contribution in [0, 0.1) is 4.77 Å². The number of aromatic amines is 1. The smallest absolute Gasteiger partial charge is 0.200 e. The van der Waals surface area contributed by atoms with Crippen molar-refractivity contribution in [2.75, 3.05) is 0 Å². The fourth-order valence-electron chi connectivity index (χ4n) is 1.71. The first kappa shape index (κ1) is 11.2. The molecule has 90 valence electrons. The van der Waals surface area contributed by atoms with Gasteiger partial charge in [-0.3, -0.25) is 9.67 Å². The van der Waals surface area contributed by atoms with E-state index in [1.807, 2.05) is 22.1 Å². The number of phenols is 1. The summed E-state index contributed by atoms with van der Waals surface area (Å²) in [5.41, 5.74) is 0.870. The van der Waals surface area contributed by atoms with Gasteiger partial charge in [-0.1, -0.05) is 6.07 Å². The van der Waals surface area contributed by atoms with E-state index in [1.54, 1.807) is 35.6 Å². The molecule has 0 saturated carbocycles. The van der Waals surface area contributed by atoms with Gasteiger partial charge < -0.3 is 5.11 Å². The van der Waals surface area contributed by atoms with Gasteiger partial charge in [0.15, 0.2) is 10.6 Å². The zero-order chi connectivity index (χ0) is 12.5. The minimum absolute atomic E-state index is 0.228. The summed E-state index contributed by atoms with van der Waals surface area (Å²) in [5.74, 6) is 1.01. The van der Waals surface area contributed by atoms with Crippen molar-refractivity contribution in [1.29, 1.82) is 0 Å². The molecule has 4 nitrogen and oxygen atoms in total. The Morgan fingerprint density at radius 1 is 1.22 bits per heavy atom. The van der Waals surface area contributed by atoms with Crippen LogP contribution in [0.1, 0.15) is 0 Å². The number of nitrogens with one attached hydrogen (secondary N) is 1. The van der Waals surface area contributed by atoms with Gasteiger partial charge in [0, 0.05) is 0 Å². The van der Waals surface area contributed by atoms with Crippen molar-refractivity contribution in [3.05, 3.63) is 46.5 Å². The van der Waals surface area contributed by atoms with E-state index in [0.717, 1.165) is 16.4 Å². The van der Waals surface area contributed by atoms with Crippen LogP contribution in [-0.4, -0.2) is 19.9 Å². The van der Waals surface area contributed by atoms with Crippen molar-refractivity contribution in [2.45, 2.75) is 0 Å². The fraction of sp³-hybridized carbons (Fsp3) is 0. The minimum Gasteiger partial charge on any atom is -0.508 e. The molecule has 0 aliphatic rings. The van der Waals surface area contributed by atoms with Crippen molar-refractivity contribution in [2.24, 2.45) is 0 Å². The van der Waals surface area contributed by atoms with E-state index >= 15 is 0 Å². The quantitative estimate of drug-likeness (QED) is 0.705. The lowest BCUT2D eigenvalue weighted by Crippen LogP contribution is -1.96. The van der Waals surface area contributed by atoms with Crippen LogP contribution >= 0.6 is 23.6 Å². The second-order valence-corrected chi connectivity index (χ2v) is 5.02. The molecule has 0 spiro atoms. The Kier molecular flexibility index (Phi) is 2.73. The number of hydrogen-bond acceptors (Lipinski definition) is 4. The fourth-order valence-corrected chi connectivity index (χ4v) is 2.65. The Labute approximate surface area is 112 Å². The van der Waals surface area contributed by atoms with Crippen LogP contribution in [0.3, 0.4) is 0 Å². The molecule has 2 aromatic heterocycles. The molecule has 0 atom stereocenters. The summed E-state index contributed by atoms with van der Waals surface area (Å²) in [5, 5.41) is 18.4. The second kappa shape index (κ2) is 4.40. The molecule has 0 aliphatic carbocycles. The molecule has 0 radical (unpaired) electrons. The minimum atomic E-state index is 0.228. The number of rotatable bonds is 2. The van der Waals surface area contributed by atoms with Gasteiger partial charge in [0.1, 0.15) is 5.75 Å². The molecular weight excluding hydrogens is 266 g/mol. The first-order valence-electron chi connectivity index (χ1n) is 5.26. The second-order valence-electron chi connectivity index (χ2n) is 3.68. The first-order valence-corrected chi connectivity index (χ1v) is 6.55. The summed E-state index contributed by atoms with van der Waals surface area (Å²) in [7, 11) is 0. The summed E-state index contributed by atoms with van der Waals surface area (Å²) >= 11 is 6.85. The molecule has 18 heavy (non-hydrogen) atoms. The molecule has 6 heteroatoms. The number of nitrogens with zero attached hydrogens (tertiary/aromatic N) is 2. The summed E-state index contributed by atoms with van der Waals surface area (Å²) in [4.78, 5) is 1.04. The zero-order valence-corrected chi connectivity index (χ0v) is 10.8. The maximum Gasteiger partial charge on any atom is 0.200 e. The highest BCUT2D eigenvalue weighted by atomic mass is 32.1. The molecule has 2 N–H and O–H groups in total. The van der Waals surface area contributed by atoms with Gasteiger partial charge in [0.05, 0.1) is 10.6 Å². The van der Waals surface area contributed by atoms with Crippen molar-refractivity contribution < 1.29 is 5.11 Å². The van der Waals surface area contributed by atoms with E-state index < -0.39 is 0 Å². The summed E-state index contributed by atoms with van der Waals surface area (Å²) in [6.07, 6.45) is 0. The first-order chi connectivity index (χ1) is 8.75. The average molecular weight is 275 g/mol. The van der Waals surface area contributed by atoms with Crippen molar-refractivity contribution >= 4 is 23.6 Å². The molecule has 3 aromatic rings. The van der Waals surface area contributed by atoms with Crippen molar-refractivity contribution in [1.82, 2.24) is 14.8 Å². The predicted octanol–water partition coefficient (Wildman–Crippen LogP) is 3.36. The number of benzene rings is 1.